The Morgan fingerprint density at radius 1 is 1.46 bits per heavy atom. The quantitative estimate of drug-likeness (QED) is 0.741. The molecule has 0 N–H and O–H groups in total. The van der Waals surface area contributed by atoms with Gasteiger partial charge in [-0.1, -0.05) is 15.9 Å². The number of rotatable bonds is 1. The molecule has 0 aromatic heterocycles. The molecule has 0 saturated carbocycles. The number of nitrogens with zero attached hydrogens (tertiary/aromatic N) is 1. The van der Waals surface area contributed by atoms with Crippen LogP contribution in [0.4, 0.5) is 0 Å². The maximum absolute atomic E-state index is 10.9. The minimum atomic E-state index is -3.83. The third-order valence-electron chi connectivity index (χ3n) is 1.32. The summed E-state index contributed by atoms with van der Waals surface area (Å²) in [6, 6.07) is 5.94. The molecule has 0 saturated heterocycles. The van der Waals surface area contributed by atoms with Crippen molar-refractivity contribution in [3.8, 4) is 6.07 Å². The van der Waals surface area contributed by atoms with Gasteiger partial charge >= 0.3 is 0 Å². The fourth-order valence-electron chi connectivity index (χ4n) is 0.802. The lowest BCUT2D eigenvalue weighted by molar-refractivity contribution is 0.609. The van der Waals surface area contributed by atoms with Crippen molar-refractivity contribution in [2.75, 3.05) is 0 Å². The smallest absolute Gasteiger partial charge is 0.207 e. The zero-order chi connectivity index (χ0) is 10.1. The Labute approximate surface area is 88.5 Å². The second-order valence-corrected chi connectivity index (χ2v) is 5.64. The van der Waals surface area contributed by atoms with E-state index in [2.05, 4.69) is 15.9 Å². The van der Waals surface area contributed by atoms with Gasteiger partial charge < -0.3 is 0 Å². The standard InChI is InChI=1S/C7H3BrClNO2S/c8-6-1-2-7(13(9,11)12)5(3-6)4-10/h1-3H. The minimum Gasteiger partial charge on any atom is -0.207 e. The fraction of sp³-hybridized carbons (Fsp3) is 0. The highest BCUT2D eigenvalue weighted by Gasteiger charge is 2.15. The minimum absolute atomic E-state index is 0.0318. The van der Waals surface area contributed by atoms with Crippen LogP contribution in [0, 0.1) is 11.3 Å². The summed E-state index contributed by atoms with van der Waals surface area (Å²) in [6.07, 6.45) is 0. The van der Waals surface area contributed by atoms with E-state index in [1.807, 2.05) is 0 Å². The van der Waals surface area contributed by atoms with Crippen molar-refractivity contribution in [1.29, 1.82) is 5.26 Å². The highest BCUT2D eigenvalue weighted by Crippen LogP contribution is 2.22. The van der Waals surface area contributed by atoms with Crippen molar-refractivity contribution < 1.29 is 8.42 Å². The molecule has 0 bridgehead atoms. The van der Waals surface area contributed by atoms with Crippen LogP contribution >= 0.6 is 26.6 Å². The summed E-state index contributed by atoms with van der Waals surface area (Å²) < 4.78 is 22.5. The van der Waals surface area contributed by atoms with Gasteiger partial charge in [0, 0.05) is 15.2 Å². The largest absolute Gasteiger partial charge is 0.262 e. The van der Waals surface area contributed by atoms with E-state index >= 15 is 0 Å². The Bertz CT molecular complexity index is 478. The molecule has 0 heterocycles. The molecule has 6 heteroatoms. The van der Waals surface area contributed by atoms with E-state index in [4.69, 9.17) is 15.9 Å². The average Bonchev–Trinajstić information content (AvgIpc) is 2.01. The van der Waals surface area contributed by atoms with Crippen molar-refractivity contribution in [2.24, 2.45) is 0 Å². The second kappa shape index (κ2) is 3.66. The van der Waals surface area contributed by atoms with Gasteiger partial charge in [-0.05, 0) is 18.2 Å². The lowest BCUT2D eigenvalue weighted by Gasteiger charge is -1.98. The van der Waals surface area contributed by atoms with E-state index in [1.54, 1.807) is 6.07 Å². The molecule has 68 valence electrons. The van der Waals surface area contributed by atoms with Gasteiger partial charge in [0.1, 0.15) is 11.0 Å². The van der Waals surface area contributed by atoms with E-state index in [9.17, 15) is 8.42 Å². The van der Waals surface area contributed by atoms with Crippen LogP contribution in [-0.4, -0.2) is 8.42 Å². The van der Waals surface area contributed by atoms with Crippen LogP contribution < -0.4 is 0 Å². The molecule has 0 radical (unpaired) electrons. The maximum Gasteiger partial charge on any atom is 0.262 e. The first kappa shape index (κ1) is 10.5. The Kier molecular flexibility index (Phi) is 2.96. The molecule has 13 heavy (non-hydrogen) atoms. The molecule has 1 aromatic rings. The number of halogens is 2. The Balaban J connectivity index is 3.50. The summed E-state index contributed by atoms with van der Waals surface area (Å²) in [5.41, 5.74) is 0.0318. The summed E-state index contributed by atoms with van der Waals surface area (Å²) in [5, 5.41) is 8.61. The Morgan fingerprint density at radius 3 is 2.54 bits per heavy atom. The van der Waals surface area contributed by atoms with Crippen LogP contribution in [0.5, 0.6) is 0 Å². The molecule has 1 rings (SSSR count). The summed E-state index contributed by atoms with van der Waals surface area (Å²) in [4.78, 5) is -0.167. The lowest BCUT2D eigenvalue weighted by atomic mass is 10.2. The first-order chi connectivity index (χ1) is 5.95. The molecule has 0 unspecified atom stereocenters. The lowest BCUT2D eigenvalue weighted by Crippen LogP contribution is -1.94. The highest BCUT2D eigenvalue weighted by molar-refractivity contribution is 9.10. The molecule has 0 aliphatic rings. The molecule has 3 nitrogen and oxygen atoms in total. The molecule has 0 atom stereocenters. The second-order valence-electron chi connectivity index (χ2n) is 2.19. The van der Waals surface area contributed by atoms with Crippen LogP contribution in [0.1, 0.15) is 5.56 Å². The first-order valence-corrected chi connectivity index (χ1v) is 6.19. The van der Waals surface area contributed by atoms with Gasteiger partial charge in [0.2, 0.25) is 0 Å². The van der Waals surface area contributed by atoms with Gasteiger partial charge in [-0.2, -0.15) is 5.26 Å². The fourth-order valence-corrected chi connectivity index (χ4v) is 2.16. The number of benzene rings is 1. The summed E-state index contributed by atoms with van der Waals surface area (Å²) in [6.45, 7) is 0. The van der Waals surface area contributed by atoms with Gasteiger partial charge in [0.05, 0.1) is 5.56 Å². The predicted octanol–water partition coefficient (Wildman–Crippen LogP) is 2.25. The van der Waals surface area contributed by atoms with Gasteiger partial charge in [0.25, 0.3) is 9.05 Å². The van der Waals surface area contributed by atoms with Crippen molar-refractivity contribution >= 4 is 35.7 Å². The van der Waals surface area contributed by atoms with E-state index < -0.39 is 9.05 Å². The van der Waals surface area contributed by atoms with Crippen molar-refractivity contribution in [1.82, 2.24) is 0 Å². The summed E-state index contributed by atoms with van der Waals surface area (Å²) in [5.74, 6) is 0. The molecule has 0 aliphatic carbocycles. The van der Waals surface area contributed by atoms with Gasteiger partial charge in [-0.25, -0.2) is 8.42 Å². The van der Waals surface area contributed by atoms with Crippen LogP contribution in [0.2, 0.25) is 0 Å². The maximum atomic E-state index is 10.9. The van der Waals surface area contributed by atoms with Crippen molar-refractivity contribution in [3.05, 3.63) is 28.2 Å². The Hall–Kier alpha value is -0.570. The van der Waals surface area contributed by atoms with Gasteiger partial charge in [0.15, 0.2) is 0 Å². The topological polar surface area (TPSA) is 57.9 Å². The van der Waals surface area contributed by atoms with E-state index in [-0.39, 0.29) is 10.5 Å². The van der Waals surface area contributed by atoms with Crippen molar-refractivity contribution in [2.45, 2.75) is 4.90 Å². The predicted molar refractivity (Wildman–Crippen MR) is 51.9 cm³/mol. The van der Waals surface area contributed by atoms with E-state index in [0.717, 1.165) is 0 Å². The highest BCUT2D eigenvalue weighted by atomic mass is 79.9. The summed E-state index contributed by atoms with van der Waals surface area (Å²) in [7, 11) is 1.27. The number of nitriles is 1. The molecule has 0 aliphatic heterocycles. The normalized spacial score (nSPS) is 10.8. The van der Waals surface area contributed by atoms with E-state index in [0.29, 0.717) is 4.47 Å². The van der Waals surface area contributed by atoms with Crippen molar-refractivity contribution in [3.63, 3.8) is 0 Å². The Morgan fingerprint density at radius 2 is 2.08 bits per heavy atom. The number of hydrogen-bond acceptors (Lipinski definition) is 3. The molecular formula is C7H3BrClNO2S. The van der Waals surface area contributed by atoms with Gasteiger partial charge in [-0.3, -0.25) is 0 Å². The molecule has 0 spiro atoms. The summed E-state index contributed by atoms with van der Waals surface area (Å²) >= 11 is 3.11. The molecule has 0 amide bonds. The molecular weight excluding hydrogens is 278 g/mol. The van der Waals surface area contributed by atoms with Crippen LogP contribution in [0.15, 0.2) is 27.6 Å². The van der Waals surface area contributed by atoms with Crippen LogP contribution in [-0.2, 0) is 9.05 Å². The van der Waals surface area contributed by atoms with Crippen LogP contribution in [0.3, 0.4) is 0 Å². The van der Waals surface area contributed by atoms with Crippen LogP contribution in [0.25, 0.3) is 0 Å². The zero-order valence-corrected chi connectivity index (χ0v) is 9.32. The SMILES string of the molecule is N#Cc1cc(Br)ccc1S(=O)(=O)Cl. The number of hydrogen-bond donors (Lipinski definition) is 0. The zero-order valence-electron chi connectivity index (χ0n) is 6.16. The first-order valence-electron chi connectivity index (χ1n) is 3.09. The van der Waals surface area contributed by atoms with E-state index in [1.165, 1.54) is 18.2 Å². The molecule has 0 fully saturated rings. The van der Waals surface area contributed by atoms with Gasteiger partial charge in [-0.15, -0.1) is 0 Å². The third-order valence-corrected chi connectivity index (χ3v) is 3.20. The average molecular weight is 281 g/mol. The third kappa shape index (κ3) is 2.44. The monoisotopic (exact) mass is 279 g/mol. The molecule has 1 aromatic carbocycles.